The lowest BCUT2D eigenvalue weighted by Crippen LogP contribution is -2.33. The third-order valence-electron chi connectivity index (χ3n) is 6.38. The van der Waals surface area contributed by atoms with Gasteiger partial charge in [0.05, 0.1) is 17.9 Å². The molecule has 0 radical (unpaired) electrons. The predicted octanol–water partition coefficient (Wildman–Crippen LogP) is 4.84. The highest BCUT2D eigenvalue weighted by atomic mass is 32.1. The maximum atomic E-state index is 13.5. The SMILES string of the molecule is CCCCCCCN1C(=O)/C(=c2\sc3nc(-c4ccc(OCCC)cc4)nn3c2=O)c2ccccc21. The number of amides is 1. The van der Waals surface area contributed by atoms with Crippen LogP contribution in [0.3, 0.4) is 0 Å². The fourth-order valence-electron chi connectivity index (χ4n) is 4.52. The molecule has 0 bridgehead atoms. The number of rotatable bonds is 10. The summed E-state index contributed by atoms with van der Waals surface area (Å²) in [6.07, 6.45) is 6.54. The number of unbranched alkanes of at least 4 members (excludes halogenated alkanes) is 4. The van der Waals surface area contributed by atoms with Gasteiger partial charge in [-0.25, -0.2) is 0 Å². The van der Waals surface area contributed by atoms with Crippen LogP contribution in [-0.2, 0) is 4.79 Å². The zero-order chi connectivity index (χ0) is 25.1. The Bertz CT molecular complexity index is 1490. The molecule has 1 amide bonds. The van der Waals surface area contributed by atoms with E-state index >= 15 is 0 Å². The van der Waals surface area contributed by atoms with Crippen LogP contribution < -0.4 is 19.7 Å². The topological polar surface area (TPSA) is 76.8 Å². The van der Waals surface area contributed by atoms with Gasteiger partial charge in [0.15, 0.2) is 5.82 Å². The summed E-state index contributed by atoms with van der Waals surface area (Å²) in [4.78, 5) is 33.8. The zero-order valence-corrected chi connectivity index (χ0v) is 21.5. The molecule has 0 aliphatic carbocycles. The summed E-state index contributed by atoms with van der Waals surface area (Å²) >= 11 is 1.22. The minimum atomic E-state index is -0.306. The minimum absolute atomic E-state index is 0.115. The number of thiazole rings is 1. The van der Waals surface area contributed by atoms with E-state index in [1.807, 2.05) is 53.4 Å². The Morgan fingerprint density at radius 2 is 1.69 bits per heavy atom. The van der Waals surface area contributed by atoms with Crippen molar-refractivity contribution >= 4 is 33.5 Å². The van der Waals surface area contributed by atoms with E-state index in [4.69, 9.17) is 4.74 Å². The molecule has 36 heavy (non-hydrogen) atoms. The van der Waals surface area contributed by atoms with Crippen LogP contribution >= 0.6 is 11.3 Å². The van der Waals surface area contributed by atoms with Gasteiger partial charge in [-0.3, -0.25) is 9.59 Å². The highest BCUT2D eigenvalue weighted by molar-refractivity contribution is 7.15. The van der Waals surface area contributed by atoms with E-state index < -0.39 is 0 Å². The first-order valence-corrected chi connectivity index (χ1v) is 13.5. The van der Waals surface area contributed by atoms with Gasteiger partial charge in [0.25, 0.3) is 11.5 Å². The largest absolute Gasteiger partial charge is 0.494 e. The normalized spacial score (nSPS) is 14.6. The highest BCUT2D eigenvalue weighted by Gasteiger charge is 2.33. The number of aromatic nitrogens is 3. The van der Waals surface area contributed by atoms with Crippen molar-refractivity contribution in [2.24, 2.45) is 0 Å². The van der Waals surface area contributed by atoms with Crippen LogP contribution in [0, 0.1) is 0 Å². The summed E-state index contributed by atoms with van der Waals surface area (Å²) < 4.78 is 7.35. The summed E-state index contributed by atoms with van der Waals surface area (Å²) in [6.45, 7) is 5.57. The van der Waals surface area contributed by atoms with Crippen LogP contribution in [0.2, 0.25) is 0 Å². The number of benzene rings is 2. The predicted molar refractivity (Wildman–Crippen MR) is 144 cm³/mol. The van der Waals surface area contributed by atoms with Crippen LogP contribution in [-0.4, -0.2) is 33.7 Å². The first-order chi connectivity index (χ1) is 17.6. The third-order valence-corrected chi connectivity index (χ3v) is 7.41. The fraction of sp³-hybridized carbons (Fsp3) is 0.357. The number of anilines is 1. The molecule has 1 aliphatic heterocycles. The van der Waals surface area contributed by atoms with Gasteiger partial charge in [0, 0.05) is 17.7 Å². The van der Waals surface area contributed by atoms with Gasteiger partial charge in [-0.1, -0.05) is 69.1 Å². The summed E-state index contributed by atoms with van der Waals surface area (Å²) in [5, 5.41) is 4.47. The Morgan fingerprint density at radius 3 is 2.44 bits per heavy atom. The average molecular weight is 503 g/mol. The number of ether oxygens (including phenoxy) is 1. The van der Waals surface area contributed by atoms with Crippen LogP contribution in [0.4, 0.5) is 5.69 Å². The number of nitrogens with zero attached hydrogens (tertiary/aromatic N) is 4. The smallest absolute Gasteiger partial charge is 0.291 e. The third kappa shape index (κ3) is 4.53. The maximum absolute atomic E-state index is 13.5. The van der Waals surface area contributed by atoms with Crippen LogP contribution in [0.15, 0.2) is 53.3 Å². The molecule has 186 valence electrons. The van der Waals surface area contributed by atoms with Crippen molar-refractivity contribution in [2.75, 3.05) is 18.1 Å². The standard InChI is InChI=1S/C28H30N4O3S/c1-3-5-6-7-10-17-31-22-12-9-8-11-21(22)23(26(31)33)24-27(34)32-28(36-24)29-25(30-32)19-13-15-20(16-14-19)35-18-4-2/h8-9,11-16H,3-7,10,17-18H2,1-2H3/b24-23-. The van der Waals surface area contributed by atoms with Crippen LogP contribution in [0.25, 0.3) is 21.9 Å². The average Bonchev–Trinajstić information content (AvgIpc) is 3.53. The summed E-state index contributed by atoms with van der Waals surface area (Å²) in [5.74, 6) is 1.15. The highest BCUT2D eigenvalue weighted by Crippen LogP contribution is 2.35. The molecule has 0 atom stereocenters. The lowest BCUT2D eigenvalue weighted by atomic mass is 10.1. The molecule has 2 aromatic carbocycles. The molecule has 5 rings (SSSR count). The van der Waals surface area contributed by atoms with E-state index in [2.05, 4.69) is 23.9 Å². The lowest BCUT2D eigenvalue weighted by molar-refractivity contribution is -0.113. The van der Waals surface area contributed by atoms with Crippen molar-refractivity contribution in [1.29, 1.82) is 0 Å². The summed E-state index contributed by atoms with van der Waals surface area (Å²) in [5.41, 5.74) is 2.64. The van der Waals surface area contributed by atoms with E-state index in [-0.39, 0.29) is 11.5 Å². The Kier molecular flexibility index (Phi) is 7.13. The zero-order valence-electron chi connectivity index (χ0n) is 20.7. The molecule has 4 aromatic rings. The van der Waals surface area contributed by atoms with Crippen molar-refractivity contribution in [3.63, 3.8) is 0 Å². The Labute approximate surface area is 214 Å². The van der Waals surface area contributed by atoms with Gasteiger partial charge in [-0.05, 0) is 43.2 Å². The number of carbonyl (C=O) groups is 1. The van der Waals surface area contributed by atoms with E-state index in [0.29, 0.717) is 34.0 Å². The molecule has 0 saturated heterocycles. The van der Waals surface area contributed by atoms with Gasteiger partial charge >= 0.3 is 0 Å². The number of hydrogen-bond donors (Lipinski definition) is 0. The minimum Gasteiger partial charge on any atom is -0.494 e. The summed E-state index contributed by atoms with van der Waals surface area (Å²) in [7, 11) is 0. The van der Waals surface area contributed by atoms with Crippen molar-refractivity contribution in [3.05, 3.63) is 69.0 Å². The number of hydrogen-bond acceptors (Lipinski definition) is 6. The molecule has 3 heterocycles. The van der Waals surface area contributed by atoms with Crippen molar-refractivity contribution in [2.45, 2.75) is 52.4 Å². The number of para-hydroxylation sites is 1. The van der Waals surface area contributed by atoms with Gasteiger partial charge in [0.1, 0.15) is 10.3 Å². The fourth-order valence-corrected chi connectivity index (χ4v) is 5.52. The lowest BCUT2D eigenvalue weighted by Gasteiger charge is -2.16. The van der Waals surface area contributed by atoms with Gasteiger partial charge in [0.2, 0.25) is 4.96 Å². The molecule has 1 aliphatic rings. The first-order valence-electron chi connectivity index (χ1n) is 12.7. The van der Waals surface area contributed by atoms with E-state index in [1.54, 1.807) is 0 Å². The van der Waals surface area contributed by atoms with Gasteiger partial charge in [-0.2, -0.15) is 9.50 Å². The second-order valence-electron chi connectivity index (χ2n) is 9.00. The van der Waals surface area contributed by atoms with Crippen molar-refractivity contribution in [3.8, 4) is 17.1 Å². The van der Waals surface area contributed by atoms with Crippen LogP contribution in [0.1, 0.15) is 57.9 Å². The van der Waals surface area contributed by atoms with E-state index in [9.17, 15) is 9.59 Å². The summed E-state index contributed by atoms with van der Waals surface area (Å²) in [6, 6.07) is 15.3. The molecule has 0 saturated carbocycles. The second kappa shape index (κ2) is 10.6. The Hall–Kier alpha value is -3.52. The molecular formula is C28H30N4O3S. The molecule has 8 heteroatoms. The maximum Gasteiger partial charge on any atom is 0.291 e. The monoisotopic (exact) mass is 502 g/mol. The van der Waals surface area contributed by atoms with Crippen molar-refractivity contribution in [1.82, 2.24) is 14.6 Å². The van der Waals surface area contributed by atoms with E-state index in [1.165, 1.54) is 35.1 Å². The van der Waals surface area contributed by atoms with Gasteiger partial charge in [-0.15, -0.1) is 5.10 Å². The van der Waals surface area contributed by atoms with Crippen LogP contribution in [0.5, 0.6) is 5.75 Å². The molecule has 0 N–H and O–H groups in total. The molecule has 2 aromatic heterocycles. The molecular weight excluding hydrogens is 472 g/mol. The van der Waals surface area contributed by atoms with Gasteiger partial charge < -0.3 is 9.64 Å². The Balaban J connectivity index is 1.47. The molecule has 0 spiro atoms. The number of fused-ring (bicyclic) bond motifs is 2. The second-order valence-corrected chi connectivity index (χ2v) is 9.98. The van der Waals surface area contributed by atoms with E-state index in [0.717, 1.165) is 41.8 Å². The van der Waals surface area contributed by atoms with Crippen molar-refractivity contribution < 1.29 is 9.53 Å². The first kappa shape index (κ1) is 24.2. The quantitative estimate of drug-likeness (QED) is 0.290. The molecule has 0 fully saturated rings. The molecule has 7 nitrogen and oxygen atoms in total. The number of carbonyl (C=O) groups excluding carboxylic acids is 1. The molecule has 0 unspecified atom stereocenters. The Morgan fingerprint density at radius 1 is 0.917 bits per heavy atom.